The molecule has 0 aliphatic rings. The lowest BCUT2D eigenvalue weighted by atomic mass is 10.1. The van der Waals surface area contributed by atoms with E-state index in [0.717, 1.165) is 17.2 Å². The monoisotopic (exact) mass is 288 g/mol. The van der Waals surface area contributed by atoms with E-state index in [-0.39, 0.29) is 12.2 Å². The highest BCUT2D eigenvalue weighted by atomic mass is 19.1. The largest absolute Gasteiger partial charge is 0.489 e. The van der Waals surface area contributed by atoms with E-state index in [1.54, 1.807) is 0 Å². The second-order valence-corrected chi connectivity index (χ2v) is 4.93. The Morgan fingerprint density at radius 2 is 1.90 bits per heavy atom. The van der Waals surface area contributed by atoms with Crippen LogP contribution in [0.5, 0.6) is 5.75 Å². The summed E-state index contributed by atoms with van der Waals surface area (Å²) in [6, 6.07) is 7.72. The van der Waals surface area contributed by atoms with Gasteiger partial charge in [0.1, 0.15) is 18.2 Å². The van der Waals surface area contributed by atoms with Crippen molar-refractivity contribution in [3.63, 3.8) is 0 Å². The van der Waals surface area contributed by atoms with Crippen LogP contribution >= 0.6 is 0 Å². The molecule has 0 aliphatic carbocycles. The van der Waals surface area contributed by atoms with Gasteiger partial charge in [0.2, 0.25) is 5.91 Å². The number of anilines is 1. The number of halogens is 1. The Hall–Kier alpha value is -2.56. The van der Waals surface area contributed by atoms with Gasteiger partial charge in [-0.3, -0.25) is 4.79 Å². The minimum Gasteiger partial charge on any atom is -0.489 e. The van der Waals surface area contributed by atoms with Crippen molar-refractivity contribution in [2.45, 2.75) is 20.5 Å². The SMILES string of the molecule is Cc1cc(OCc2ccc(C(N)=O)cc2F)c(C)cc1N. The van der Waals surface area contributed by atoms with Gasteiger partial charge >= 0.3 is 0 Å². The Morgan fingerprint density at radius 1 is 1.19 bits per heavy atom. The number of carbonyl (C=O) groups is 1. The molecule has 0 aromatic heterocycles. The average Bonchev–Trinajstić information content (AvgIpc) is 2.42. The van der Waals surface area contributed by atoms with Gasteiger partial charge in [-0.05, 0) is 49.2 Å². The number of nitrogen functional groups attached to an aromatic ring is 1. The number of benzene rings is 2. The number of primary amides is 1. The number of hydrogen-bond acceptors (Lipinski definition) is 3. The molecule has 0 unspecified atom stereocenters. The Kier molecular flexibility index (Phi) is 4.12. The summed E-state index contributed by atoms with van der Waals surface area (Å²) in [5.41, 5.74) is 13.9. The molecule has 2 aromatic rings. The number of nitrogens with two attached hydrogens (primary N) is 2. The fourth-order valence-electron chi connectivity index (χ4n) is 1.94. The van der Waals surface area contributed by atoms with Gasteiger partial charge in [0, 0.05) is 16.8 Å². The first kappa shape index (κ1) is 14.8. The molecule has 0 spiro atoms. The lowest BCUT2D eigenvalue weighted by Gasteiger charge is -2.12. The third-order valence-electron chi connectivity index (χ3n) is 3.28. The predicted octanol–water partition coefficient (Wildman–Crippen LogP) is 2.70. The summed E-state index contributed by atoms with van der Waals surface area (Å²) in [7, 11) is 0. The molecule has 2 aromatic carbocycles. The maximum Gasteiger partial charge on any atom is 0.248 e. The highest BCUT2D eigenvalue weighted by molar-refractivity contribution is 5.92. The summed E-state index contributed by atoms with van der Waals surface area (Å²) in [5.74, 6) is -0.525. The van der Waals surface area contributed by atoms with Crippen molar-refractivity contribution >= 4 is 11.6 Å². The minimum absolute atomic E-state index is 0.0646. The van der Waals surface area contributed by atoms with Crippen LogP contribution in [0, 0.1) is 19.7 Å². The van der Waals surface area contributed by atoms with Crippen molar-refractivity contribution < 1.29 is 13.9 Å². The zero-order valence-corrected chi connectivity index (χ0v) is 11.9. The summed E-state index contributed by atoms with van der Waals surface area (Å²) in [6.07, 6.45) is 0. The zero-order chi connectivity index (χ0) is 15.6. The van der Waals surface area contributed by atoms with E-state index in [4.69, 9.17) is 16.2 Å². The zero-order valence-electron chi connectivity index (χ0n) is 11.9. The Bertz CT molecular complexity index is 699. The van der Waals surface area contributed by atoms with Crippen molar-refractivity contribution in [3.05, 3.63) is 58.4 Å². The smallest absolute Gasteiger partial charge is 0.248 e. The molecule has 21 heavy (non-hydrogen) atoms. The molecular formula is C16H17FN2O2. The Morgan fingerprint density at radius 3 is 2.52 bits per heavy atom. The average molecular weight is 288 g/mol. The van der Waals surface area contributed by atoms with E-state index in [1.165, 1.54) is 12.1 Å². The first-order valence-electron chi connectivity index (χ1n) is 6.46. The minimum atomic E-state index is -0.661. The molecular weight excluding hydrogens is 271 g/mol. The fourth-order valence-corrected chi connectivity index (χ4v) is 1.94. The van der Waals surface area contributed by atoms with Crippen molar-refractivity contribution in [3.8, 4) is 5.75 Å². The van der Waals surface area contributed by atoms with Gasteiger partial charge in [-0.25, -0.2) is 4.39 Å². The number of aryl methyl sites for hydroxylation is 2. The van der Waals surface area contributed by atoms with E-state index < -0.39 is 11.7 Å². The van der Waals surface area contributed by atoms with Crippen LogP contribution in [0.4, 0.5) is 10.1 Å². The van der Waals surface area contributed by atoms with Crippen molar-refractivity contribution in [1.29, 1.82) is 0 Å². The molecule has 0 atom stereocenters. The van der Waals surface area contributed by atoms with Crippen LogP contribution in [0.3, 0.4) is 0 Å². The number of rotatable bonds is 4. The molecule has 0 aliphatic heterocycles. The Balaban J connectivity index is 2.17. The highest BCUT2D eigenvalue weighted by Gasteiger charge is 2.09. The summed E-state index contributed by atoms with van der Waals surface area (Å²) in [6.45, 7) is 3.82. The summed E-state index contributed by atoms with van der Waals surface area (Å²) < 4.78 is 19.5. The first-order chi connectivity index (χ1) is 9.88. The number of ether oxygens (including phenoxy) is 1. The van der Waals surface area contributed by atoms with Crippen LogP contribution in [0.1, 0.15) is 27.0 Å². The number of carbonyl (C=O) groups excluding carboxylic acids is 1. The number of hydrogen-bond donors (Lipinski definition) is 2. The van der Waals surface area contributed by atoms with Crippen LogP contribution in [0.15, 0.2) is 30.3 Å². The van der Waals surface area contributed by atoms with Crippen LogP contribution in [-0.2, 0) is 6.61 Å². The molecule has 110 valence electrons. The van der Waals surface area contributed by atoms with Crippen LogP contribution < -0.4 is 16.2 Å². The summed E-state index contributed by atoms with van der Waals surface area (Å²) in [5, 5.41) is 0. The molecule has 5 heteroatoms. The Labute approximate surface area is 122 Å². The first-order valence-corrected chi connectivity index (χ1v) is 6.46. The standard InChI is InChI=1S/C16H17FN2O2/c1-9-6-15(10(2)5-14(9)18)21-8-12-4-3-11(16(19)20)7-13(12)17/h3-7H,8,18H2,1-2H3,(H2,19,20). The highest BCUT2D eigenvalue weighted by Crippen LogP contribution is 2.25. The molecule has 0 saturated carbocycles. The normalized spacial score (nSPS) is 10.4. The van der Waals surface area contributed by atoms with Crippen molar-refractivity contribution in [2.75, 3.05) is 5.73 Å². The van der Waals surface area contributed by atoms with Gasteiger partial charge in [0.25, 0.3) is 0 Å². The third-order valence-corrected chi connectivity index (χ3v) is 3.28. The van der Waals surface area contributed by atoms with E-state index >= 15 is 0 Å². The quantitative estimate of drug-likeness (QED) is 0.849. The lowest BCUT2D eigenvalue weighted by molar-refractivity contribution is 0.0999. The van der Waals surface area contributed by atoms with Gasteiger partial charge in [0.15, 0.2) is 0 Å². The third kappa shape index (κ3) is 3.31. The van der Waals surface area contributed by atoms with Crippen LogP contribution in [0.25, 0.3) is 0 Å². The summed E-state index contributed by atoms with van der Waals surface area (Å²) >= 11 is 0. The van der Waals surface area contributed by atoms with E-state index in [0.29, 0.717) is 17.0 Å². The van der Waals surface area contributed by atoms with Crippen LogP contribution in [0.2, 0.25) is 0 Å². The van der Waals surface area contributed by atoms with Crippen molar-refractivity contribution in [1.82, 2.24) is 0 Å². The fraction of sp³-hybridized carbons (Fsp3) is 0.188. The molecule has 1 amide bonds. The van der Waals surface area contributed by atoms with E-state index in [2.05, 4.69) is 0 Å². The molecule has 0 fully saturated rings. The molecule has 2 rings (SSSR count). The molecule has 4 N–H and O–H groups in total. The molecule has 4 nitrogen and oxygen atoms in total. The van der Waals surface area contributed by atoms with Gasteiger partial charge < -0.3 is 16.2 Å². The van der Waals surface area contributed by atoms with Gasteiger partial charge in [-0.2, -0.15) is 0 Å². The lowest BCUT2D eigenvalue weighted by Crippen LogP contribution is -2.12. The second kappa shape index (κ2) is 5.83. The molecule has 0 saturated heterocycles. The topological polar surface area (TPSA) is 78.3 Å². The van der Waals surface area contributed by atoms with Gasteiger partial charge in [-0.1, -0.05) is 6.07 Å². The maximum atomic E-state index is 13.8. The summed E-state index contributed by atoms with van der Waals surface area (Å²) in [4.78, 5) is 11.0. The second-order valence-electron chi connectivity index (χ2n) is 4.93. The van der Waals surface area contributed by atoms with E-state index in [9.17, 15) is 9.18 Å². The van der Waals surface area contributed by atoms with Crippen LogP contribution in [-0.4, -0.2) is 5.91 Å². The van der Waals surface area contributed by atoms with Crippen molar-refractivity contribution in [2.24, 2.45) is 5.73 Å². The predicted molar refractivity (Wildman–Crippen MR) is 79.6 cm³/mol. The van der Waals surface area contributed by atoms with Gasteiger partial charge in [0.05, 0.1) is 0 Å². The number of amides is 1. The molecule has 0 bridgehead atoms. The maximum absolute atomic E-state index is 13.8. The molecule has 0 heterocycles. The molecule has 0 radical (unpaired) electrons. The van der Waals surface area contributed by atoms with E-state index in [1.807, 2.05) is 26.0 Å². The van der Waals surface area contributed by atoms with Gasteiger partial charge in [-0.15, -0.1) is 0 Å².